The van der Waals surface area contributed by atoms with E-state index in [1.54, 1.807) is 0 Å². The molecule has 0 aromatic carbocycles. The SMILES string of the molecule is CCCNCC(C)COC1CCC(C)C(C)C1. The molecule has 1 aliphatic rings. The van der Waals surface area contributed by atoms with Crippen molar-refractivity contribution in [2.75, 3.05) is 19.7 Å². The zero-order valence-electron chi connectivity index (χ0n) is 12.2. The van der Waals surface area contributed by atoms with E-state index in [2.05, 4.69) is 33.0 Å². The molecule has 1 fully saturated rings. The standard InChI is InChI=1S/C15H31NO/c1-5-8-16-10-12(2)11-17-15-7-6-13(3)14(4)9-15/h12-16H,5-11H2,1-4H3. The predicted octanol–water partition coefficient (Wildman–Crippen LogP) is 3.46. The Hall–Kier alpha value is -0.0800. The van der Waals surface area contributed by atoms with Crippen LogP contribution in [0.1, 0.15) is 53.4 Å². The van der Waals surface area contributed by atoms with E-state index in [1.807, 2.05) is 0 Å². The van der Waals surface area contributed by atoms with E-state index in [1.165, 1.54) is 25.7 Å². The van der Waals surface area contributed by atoms with Gasteiger partial charge in [-0.15, -0.1) is 0 Å². The highest BCUT2D eigenvalue weighted by molar-refractivity contribution is 4.75. The summed E-state index contributed by atoms with van der Waals surface area (Å²) in [4.78, 5) is 0. The molecule has 0 amide bonds. The molecule has 4 unspecified atom stereocenters. The average Bonchev–Trinajstić information content (AvgIpc) is 2.31. The lowest BCUT2D eigenvalue weighted by molar-refractivity contribution is -0.0114. The van der Waals surface area contributed by atoms with Gasteiger partial charge < -0.3 is 10.1 Å². The maximum absolute atomic E-state index is 6.05. The number of rotatable bonds is 7. The molecule has 2 nitrogen and oxygen atoms in total. The third kappa shape index (κ3) is 5.87. The summed E-state index contributed by atoms with van der Waals surface area (Å²) in [5.41, 5.74) is 0. The van der Waals surface area contributed by atoms with Crippen LogP contribution in [0, 0.1) is 17.8 Å². The second kappa shape index (κ2) is 8.10. The molecule has 0 radical (unpaired) electrons. The summed E-state index contributed by atoms with van der Waals surface area (Å²) < 4.78 is 6.05. The van der Waals surface area contributed by atoms with Gasteiger partial charge in [0.25, 0.3) is 0 Å². The van der Waals surface area contributed by atoms with Crippen LogP contribution in [0.5, 0.6) is 0 Å². The Morgan fingerprint density at radius 3 is 2.65 bits per heavy atom. The van der Waals surface area contributed by atoms with E-state index in [0.717, 1.165) is 31.5 Å². The highest BCUT2D eigenvalue weighted by Gasteiger charge is 2.25. The first-order chi connectivity index (χ1) is 8.13. The summed E-state index contributed by atoms with van der Waals surface area (Å²) in [5.74, 6) is 2.36. The average molecular weight is 241 g/mol. The molecule has 1 rings (SSSR count). The van der Waals surface area contributed by atoms with Crippen molar-refractivity contribution in [3.63, 3.8) is 0 Å². The van der Waals surface area contributed by atoms with Crippen molar-refractivity contribution in [1.82, 2.24) is 5.32 Å². The summed E-state index contributed by atoms with van der Waals surface area (Å²) in [5, 5.41) is 3.46. The van der Waals surface area contributed by atoms with Gasteiger partial charge in [0, 0.05) is 0 Å². The maximum Gasteiger partial charge on any atom is 0.0578 e. The molecule has 2 heteroatoms. The Kier molecular flexibility index (Phi) is 7.14. The first-order valence-corrected chi connectivity index (χ1v) is 7.45. The van der Waals surface area contributed by atoms with Gasteiger partial charge in [-0.3, -0.25) is 0 Å². The van der Waals surface area contributed by atoms with Crippen molar-refractivity contribution in [3.05, 3.63) is 0 Å². The van der Waals surface area contributed by atoms with E-state index >= 15 is 0 Å². The molecule has 0 bridgehead atoms. The molecule has 17 heavy (non-hydrogen) atoms. The van der Waals surface area contributed by atoms with E-state index in [9.17, 15) is 0 Å². The minimum absolute atomic E-state index is 0.523. The van der Waals surface area contributed by atoms with Crippen LogP contribution in [-0.2, 0) is 4.74 Å². The molecule has 0 spiro atoms. The quantitative estimate of drug-likeness (QED) is 0.689. The van der Waals surface area contributed by atoms with Gasteiger partial charge in [-0.25, -0.2) is 0 Å². The van der Waals surface area contributed by atoms with Gasteiger partial charge in [-0.05, 0) is 56.5 Å². The molecule has 0 saturated heterocycles. The van der Waals surface area contributed by atoms with E-state index in [0.29, 0.717) is 12.0 Å². The molecule has 0 aromatic rings. The maximum atomic E-state index is 6.05. The van der Waals surface area contributed by atoms with Crippen LogP contribution < -0.4 is 5.32 Å². The highest BCUT2D eigenvalue weighted by Crippen LogP contribution is 2.31. The zero-order chi connectivity index (χ0) is 12.7. The fourth-order valence-electron chi connectivity index (χ4n) is 2.53. The molecule has 1 N–H and O–H groups in total. The monoisotopic (exact) mass is 241 g/mol. The second-order valence-corrected chi connectivity index (χ2v) is 6.03. The molecular weight excluding hydrogens is 210 g/mol. The first kappa shape index (κ1) is 15.0. The Morgan fingerprint density at radius 2 is 2.00 bits per heavy atom. The van der Waals surface area contributed by atoms with Crippen LogP contribution >= 0.6 is 0 Å². The van der Waals surface area contributed by atoms with Crippen LogP contribution in [0.4, 0.5) is 0 Å². The van der Waals surface area contributed by atoms with Crippen molar-refractivity contribution < 1.29 is 4.74 Å². The van der Waals surface area contributed by atoms with Gasteiger partial charge in [0.1, 0.15) is 0 Å². The molecule has 1 saturated carbocycles. The fourth-order valence-corrected chi connectivity index (χ4v) is 2.53. The Morgan fingerprint density at radius 1 is 1.24 bits per heavy atom. The lowest BCUT2D eigenvalue weighted by atomic mass is 9.80. The van der Waals surface area contributed by atoms with Crippen LogP contribution in [0.25, 0.3) is 0 Å². The van der Waals surface area contributed by atoms with Gasteiger partial charge in [-0.2, -0.15) is 0 Å². The molecule has 1 aliphatic carbocycles. The smallest absolute Gasteiger partial charge is 0.0578 e. The summed E-state index contributed by atoms with van der Waals surface area (Å²) in [6, 6.07) is 0. The Balaban J connectivity index is 2.09. The van der Waals surface area contributed by atoms with Gasteiger partial charge >= 0.3 is 0 Å². The van der Waals surface area contributed by atoms with Crippen molar-refractivity contribution in [2.45, 2.75) is 59.5 Å². The number of hydrogen-bond acceptors (Lipinski definition) is 2. The van der Waals surface area contributed by atoms with E-state index in [4.69, 9.17) is 4.74 Å². The number of ether oxygens (including phenoxy) is 1. The van der Waals surface area contributed by atoms with Crippen LogP contribution in [0.2, 0.25) is 0 Å². The van der Waals surface area contributed by atoms with E-state index in [-0.39, 0.29) is 0 Å². The van der Waals surface area contributed by atoms with Gasteiger partial charge in [0.15, 0.2) is 0 Å². The Bertz CT molecular complexity index is 195. The van der Waals surface area contributed by atoms with Crippen molar-refractivity contribution in [1.29, 1.82) is 0 Å². The summed E-state index contributed by atoms with van der Waals surface area (Å²) in [7, 11) is 0. The van der Waals surface area contributed by atoms with Gasteiger partial charge in [0.05, 0.1) is 12.7 Å². The Labute approximate surface area is 108 Å². The third-order valence-electron chi connectivity index (χ3n) is 4.09. The van der Waals surface area contributed by atoms with Crippen molar-refractivity contribution >= 4 is 0 Å². The van der Waals surface area contributed by atoms with Gasteiger partial charge in [-0.1, -0.05) is 27.7 Å². The molecular formula is C15H31NO. The third-order valence-corrected chi connectivity index (χ3v) is 4.09. The minimum Gasteiger partial charge on any atom is -0.378 e. The lowest BCUT2D eigenvalue weighted by Crippen LogP contribution is -2.30. The van der Waals surface area contributed by atoms with E-state index < -0.39 is 0 Å². The van der Waals surface area contributed by atoms with Crippen molar-refractivity contribution in [2.24, 2.45) is 17.8 Å². The molecule has 102 valence electrons. The molecule has 0 aromatic heterocycles. The summed E-state index contributed by atoms with van der Waals surface area (Å²) in [6.07, 6.45) is 5.60. The second-order valence-electron chi connectivity index (χ2n) is 6.03. The zero-order valence-corrected chi connectivity index (χ0v) is 12.2. The summed E-state index contributed by atoms with van der Waals surface area (Å²) >= 11 is 0. The molecule has 0 aliphatic heterocycles. The highest BCUT2D eigenvalue weighted by atomic mass is 16.5. The predicted molar refractivity (Wildman–Crippen MR) is 74.2 cm³/mol. The van der Waals surface area contributed by atoms with Crippen molar-refractivity contribution in [3.8, 4) is 0 Å². The summed E-state index contributed by atoms with van der Waals surface area (Å²) in [6.45, 7) is 12.4. The lowest BCUT2D eigenvalue weighted by Gasteiger charge is -2.32. The van der Waals surface area contributed by atoms with Gasteiger partial charge in [0.2, 0.25) is 0 Å². The van der Waals surface area contributed by atoms with Crippen LogP contribution in [0.15, 0.2) is 0 Å². The molecule has 4 atom stereocenters. The molecule has 0 heterocycles. The minimum atomic E-state index is 0.523. The fraction of sp³-hybridized carbons (Fsp3) is 1.00. The number of nitrogens with one attached hydrogen (secondary N) is 1. The largest absolute Gasteiger partial charge is 0.378 e. The van der Waals surface area contributed by atoms with Crippen LogP contribution in [0.3, 0.4) is 0 Å². The normalized spacial score (nSPS) is 31.4. The number of hydrogen-bond donors (Lipinski definition) is 1. The first-order valence-electron chi connectivity index (χ1n) is 7.45. The van der Waals surface area contributed by atoms with Crippen LogP contribution in [-0.4, -0.2) is 25.8 Å². The topological polar surface area (TPSA) is 21.3 Å².